The van der Waals surface area contributed by atoms with Crippen LogP contribution in [0.5, 0.6) is 5.75 Å². The van der Waals surface area contributed by atoms with E-state index >= 15 is 0 Å². The predicted octanol–water partition coefficient (Wildman–Crippen LogP) is 3.81. The first kappa shape index (κ1) is 12.3. The Morgan fingerprint density at radius 1 is 1.15 bits per heavy atom. The molecule has 0 saturated carbocycles. The van der Waals surface area contributed by atoms with Crippen molar-refractivity contribution < 1.29 is 19.1 Å². The zero-order chi connectivity index (χ0) is 14.1. The summed E-state index contributed by atoms with van der Waals surface area (Å²) in [6.07, 6.45) is 0. The van der Waals surface area contributed by atoms with E-state index in [2.05, 4.69) is 0 Å². The maximum absolute atomic E-state index is 10.9. The van der Waals surface area contributed by atoms with Gasteiger partial charge in [0.1, 0.15) is 11.3 Å². The lowest BCUT2D eigenvalue weighted by Gasteiger charge is -2.07. The monoisotopic (exact) mass is 268 g/mol. The molecule has 3 aromatic rings. The number of carboxylic acid groups (broad SMARTS) is 1. The Morgan fingerprint density at radius 3 is 2.70 bits per heavy atom. The fourth-order valence-electron chi connectivity index (χ4n) is 2.19. The van der Waals surface area contributed by atoms with Gasteiger partial charge in [0.2, 0.25) is 5.76 Å². The van der Waals surface area contributed by atoms with Crippen LogP contribution < -0.4 is 4.74 Å². The number of hydrogen-bond donors (Lipinski definition) is 1. The van der Waals surface area contributed by atoms with Crippen molar-refractivity contribution in [1.29, 1.82) is 0 Å². The van der Waals surface area contributed by atoms with Gasteiger partial charge in [0, 0.05) is 10.9 Å². The maximum atomic E-state index is 10.9. The summed E-state index contributed by atoms with van der Waals surface area (Å²) in [6.45, 7) is 0. The van der Waals surface area contributed by atoms with E-state index in [0.29, 0.717) is 5.58 Å². The molecule has 0 bridgehead atoms. The predicted molar refractivity (Wildman–Crippen MR) is 75.2 cm³/mol. The van der Waals surface area contributed by atoms with Crippen LogP contribution in [0.25, 0.3) is 22.1 Å². The van der Waals surface area contributed by atoms with Crippen molar-refractivity contribution in [1.82, 2.24) is 0 Å². The van der Waals surface area contributed by atoms with Crippen LogP contribution in [-0.4, -0.2) is 18.2 Å². The van der Waals surface area contributed by atoms with E-state index in [-0.39, 0.29) is 5.76 Å². The van der Waals surface area contributed by atoms with Gasteiger partial charge >= 0.3 is 5.97 Å². The SMILES string of the molecule is COc1ccccc1-c1ccc2cc(C(=O)O)oc2c1. The van der Waals surface area contributed by atoms with Gasteiger partial charge in [-0.05, 0) is 23.8 Å². The minimum atomic E-state index is -1.07. The third-order valence-electron chi connectivity index (χ3n) is 3.15. The molecule has 100 valence electrons. The third-order valence-corrected chi connectivity index (χ3v) is 3.15. The molecule has 0 amide bonds. The number of carboxylic acids is 1. The van der Waals surface area contributed by atoms with Crippen LogP contribution in [-0.2, 0) is 0 Å². The minimum absolute atomic E-state index is 0.0582. The van der Waals surface area contributed by atoms with E-state index in [1.807, 2.05) is 42.5 Å². The van der Waals surface area contributed by atoms with Gasteiger partial charge in [0.25, 0.3) is 0 Å². The number of fused-ring (bicyclic) bond motifs is 1. The summed E-state index contributed by atoms with van der Waals surface area (Å²) in [5.41, 5.74) is 2.40. The Kier molecular flexibility index (Phi) is 2.91. The highest BCUT2D eigenvalue weighted by Gasteiger charge is 2.12. The van der Waals surface area contributed by atoms with Crippen molar-refractivity contribution in [3.8, 4) is 16.9 Å². The second-order valence-electron chi connectivity index (χ2n) is 4.37. The van der Waals surface area contributed by atoms with Crippen LogP contribution in [0.1, 0.15) is 10.6 Å². The molecule has 0 aliphatic rings. The Hall–Kier alpha value is -2.75. The summed E-state index contributed by atoms with van der Waals surface area (Å²) < 4.78 is 10.7. The Labute approximate surface area is 115 Å². The van der Waals surface area contributed by atoms with Crippen molar-refractivity contribution in [3.63, 3.8) is 0 Å². The molecule has 1 N–H and O–H groups in total. The van der Waals surface area contributed by atoms with Gasteiger partial charge in [-0.15, -0.1) is 0 Å². The first-order valence-electron chi connectivity index (χ1n) is 6.09. The van der Waals surface area contributed by atoms with Crippen LogP contribution in [0.15, 0.2) is 52.9 Å². The molecule has 4 nitrogen and oxygen atoms in total. The van der Waals surface area contributed by atoms with Gasteiger partial charge in [0.05, 0.1) is 7.11 Å². The van der Waals surface area contributed by atoms with Crippen molar-refractivity contribution in [3.05, 3.63) is 54.3 Å². The molecule has 4 heteroatoms. The lowest BCUT2D eigenvalue weighted by molar-refractivity contribution is 0.0665. The summed E-state index contributed by atoms with van der Waals surface area (Å²) in [5, 5.41) is 9.71. The average Bonchev–Trinajstić information content (AvgIpc) is 2.90. The van der Waals surface area contributed by atoms with E-state index < -0.39 is 5.97 Å². The summed E-state index contributed by atoms with van der Waals surface area (Å²) >= 11 is 0. The molecule has 0 unspecified atom stereocenters. The highest BCUT2D eigenvalue weighted by molar-refractivity contribution is 5.93. The lowest BCUT2D eigenvalue weighted by atomic mass is 10.0. The topological polar surface area (TPSA) is 59.7 Å². The molecule has 0 saturated heterocycles. The van der Waals surface area contributed by atoms with Gasteiger partial charge < -0.3 is 14.3 Å². The van der Waals surface area contributed by atoms with Gasteiger partial charge in [-0.3, -0.25) is 0 Å². The molecule has 20 heavy (non-hydrogen) atoms. The zero-order valence-corrected chi connectivity index (χ0v) is 10.8. The largest absolute Gasteiger partial charge is 0.496 e. The number of benzene rings is 2. The first-order valence-corrected chi connectivity index (χ1v) is 6.09. The van der Waals surface area contributed by atoms with E-state index in [1.165, 1.54) is 6.07 Å². The quantitative estimate of drug-likeness (QED) is 0.784. The van der Waals surface area contributed by atoms with E-state index in [9.17, 15) is 4.79 Å². The standard InChI is InChI=1S/C16H12O4/c1-19-13-5-3-2-4-12(13)10-6-7-11-9-15(16(17)18)20-14(11)8-10/h2-9H,1H3,(H,17,18). The van der Waals surface area contributed by atoms with Crippen LogP contribution in [0, 0.1) is 0 Å². The number of para-hydroxylation sites is 1. The Bertz CT molecular complexity index is 786. The molecule has 3 rings (SSSR count). The molecule has 0 fully saturated rings. The van der Waals surface area contributed by atoms with Gasteiger partial charge in [-0.25, -0.2) is 4.79 Å². The highest BCUT2D eigenvalue weighted by Crippen LogP contribution is 2.32. The van der Waals surface area contributed by atoms with Crippen molar-refractivity contribution in [2.75, 3.05) is 7.11 Å². The summed E-state index contributed by atoms with van der Waals surface area (Å²) in [6, 6.07) is 14.7. The first-order chi connectivity index (χ1) is 9.69. The van der Waals surface area contributed by atoms with Gasteiger partial charge in [0.15, 0.2) is 0 Å². The number of carbonyl (C=O) groups is 1. The fourth-order valence-corrected chi connectivity index (χ4v) is 2.19. The number of aromatic carboxylic acids is 1. The molecule has 0 aliphatic carbocycles. The van der Waals surface area contributed by atoms with Crippen molar-refractivity contribution >= 4 is 16.9 Å². The summed E-state index contributed by atoms with van der Waals surface area (Å²) in [4.78, 5) is 10.9. The van der Waals surface area contributed by atoms with Gasteiger partial charge in [-0.1, -0.05) is 30.3 Å². The maximum Gasteiger partial charge on any atom is 0.371 e. The number of methoxy groups -OCH3 is 1. The second kappa shape index (κ2) is 4.74. The summed E-state index contributed by atoms with van der Waals surface area (Å²) in [7, 11) is 1.62. The molecule has 2 aromatic carbocycles. The highest BCUT2D eigenvalue weighted by atomic mass is 16.5. The third kappa shape index (κ3) is 2.01. The zero-order valence-electron chi connectivity index (χ0n) is 10.8. The molecule has 0 spiro atoms. The normalized spacial score (nSPS) is 10.7. The van der Waals surface area contributed by atoms with Crippen LogP contribution in [0.2, 0.25) is 0 Å². The average molecular weight is 268 g/mol. The van der Waals surface area contributed by atoms with E-state index in [4.69, 9.17) is 14.3 Å². The number of furan rings is 1. The number of hydrogen-bond acceptors (Lipinski definition) is 3. The number of ether oxygens (including phenoxy) is 1. The molecule has 1 aromatic heterocycles. The number of rotatable bonds is 3. The molecule has 0 atom stereocenters. The van der Waals surface area contributed by atoms with Crippen LogP contribution >= 0.6 is 0 Å². The molecule has 0 radical (unpaired) electrons. The second-order valence-corrected chi connectivity index (χ2v) is 4.37. The van der Waals surface area contributed by atoms with Crippen molar-refractivity contribution in [2.45, 2.75) is 0 Å². The Morgan fingerprint density at radius 2 is 1.95 bits per heavy atom. The van der Waals surface area contributed by atoms with Crippen LogP contribution in [0.4, 0.5) is 0 Å². The minimum Gasteiger partial charge on any atom is -0.496 e. The Balaban J connectivity index is 2.15. The molecule has 0 aliphatic heterocycles. The molecule has 1 heterocycles. The van der Waals surface area contributed by atoms with Crippen molar-refractivity contribution in [2.24, 2.45) is 0 Å². The molecular weight excluding hydrogens is 256 g/mol. The van der Waals surface area contributed by atoms with E-state index in [1.54, 1.807) is 7.11 Å². The smallest absolute Gasteiger partial charge is 0.371 e. The molecular formula is C16H12O4. The summed E-state index contributed by atoms with van der Waals surface area (Å²) in [5.74, 6) is -0.367. The fraction of sp³-hybridized carbons (Fsp3) is 0.0625. The van der Waals surface area contributed by atoms with Gasteiger partial charge in [-0.2, -0.15) is 0 Å². The van der Waals surface area contributed by atoms with E-state index in [0.717, 1.165) is 22.3 Å². The lowest BCUT2D eigenvalue weighted by Crippen LogP contribution is -1.91. The van der Waals surface area contributed by atoms with Crippen LogP contribution in [0.3, 0.4) is 0 Å².